The Hall–Kier alpha value is -2.94. The van der Waals surface area contributed by atoms with Gasteiger partial charge in [0.2, 0.25) is 0 Å². The smallest absolute Gasteiger partial charge is 0.368 e. The Morgan fingerprint density at radius 1 is 0.889 bits per heavy atom. The Labute approximate surface area is 212 Å². The van der Waals surface area contributed by atoms with Crippen molar-refractivity contribution in [2.45, 2.75) is 18.9 Å². The van der Waals surface area contributed by atoms with E-state index in [-0.39, 0.29) is 24.4 Å². The lowest BCUT2D eigenvalue weighted by molar-refractivity contribution is -0.137. The number of amides is 1. The van der Waals surface area contributed by atoms with E-state index in [2.05, 4.69) is 4.90 Å². The van der Waals surface area contributed by atoms with E-state index < -0.39 is 11.7 Å². The maximum Gasteiger partial charge on any atom is 0.416 e. The first-order valence-corrected chi connectivity index (χ1v) is 11.9. The van der Waals surface area contributed by atoms with Crippen molar-refractivity contribution in [3.63, 3.8) is 0 Å². The fraction of sp³-hybridized carbons (Fsp3) is 0.296. The van der Waals surface area contributed by atoms with Crippen LogP contribution in [-0.4, -0.2) is 48.4 Å². The van der Waals surface area contributed by atoms with Gasteiger partial charge in [-0.1, -0.05) is 35.9 Å². The molecule has 1 heterocycles. The SMILES string of the molecule is O=C(c1ccc(F)cc1)N1CCN(C[C@@H](OCc2ccc(C(F)(F)F)cc2)c2ccc(Cl)cc2)CC1. The van der Waals surface area contributed by atoms with E-state index in [0.717, 1.165) is 17.7 Å². The highest BCUT2D eigenvalue weighted by Crippen LogP contribution is 2.30. The van der Waals surface area contributed by atoms with Crippen LogP contribution in [0.5, 0.6) is 0 Å². The summed E-state index contributed by atoms with van der Waals surface area (Å²) < 4.78 is 57.9. The summed E-state index contributed by atoms with van der Waals surface area (Å²) in [5.74, 6) is -0.525. The minimum absolute atomic E-state index is 0.137. The third-order valence-corrected chi connectivity index (χ3v) is 6.40. The van der Waals surface area contributed by atoms with Gasteiger partial charge in [0.25, 0.3) is 5.91 Å². The molecule has 0 bridgehead atoms. The number of ether oxygens (including phenoxy) is 1. The van der Waals surface area contributed by atoms with Crippen LogP contribution >= 0.6 is 11.6 Å². The molecule has 4 rings (SSSR count). The molecule has 0 aromatic heterocycles. The van der Waals surface area contributed by atoms with Crippen LogP contribution in [0.2, 0.25) is 5.02 Å². The van der Waals surface area contributed by atoms with E-state index in [4.69, 9.17) is 16.3 Å². The van der Waals surface area contributed by atoms with E-state index in [1.807, 2.05) is 12.1 Å². The van der Waals surface area contributed by atoms with E-state index >= 15 is 0 Å². The Balaban J connectivity index is 1.38. The van der Waals surface area contributed by atoms with Crippen LogP contribution in [0.1, 0.15) is 33.2 Å². The second-order valence-electron chi connectivity index (χ2n) is 8.65. The Morgan fingerprint density at radius 2 is 1.50 bits per heavy atom. The molecule has 1 aliphatic rings. The van der Waals surface area contributed by atoms with Gasteiger partial charge in [-0.2, -0.15) is 13.2 Å². The molecule has 9 heteroatoms. The van der Waals surface area contributed by atoms with Crippen LogP contribution in [0.3, 0.4) is 0 Å². The molecule has 0 spiro atoms. The molecule has 0 radical (unpaired) electrons. The first-order valence-electron chi connectivity index (χ1n) is 11.5. The van der Waals surface area contributed by atoms with Gasteiger partial charge in [-0.05, 0) is 59.7 Å². The molecule has 1 aliphatic heterocycles. The first-order chi connectivity index (χ1) is 17.2. The summed E-state index contributed by atoms with van der Waals surface area (Å²) in [6.07, 6.45) is -4.73. The quantitative estimate of drug-likeness (QED) is 0.347. The van der Waals surface area contributed by atoms with E-state index in [1.54, 1.807) is 17.0 Å². The number of carbonyl (C=O) groups is 1. The van der Waals surface area contributed by atoms with Crippen molar-refractivity contribution in [1.82, 2.24) is 9.80 Å². The zero-order chi connectivity index (χ0) is 25.7. The van der Waals surface area contributed by atoms with Crippen molar-refractivity contribution >= 4 is 17.5 Å². The molecule has 36 heavy (non-hydrogen) atoms. The minimum Gasteiger partial charge on any atom is -0.368 e. The predicted molar refractivity (Wildman–Crippen MR) is 129 cm³/mol. The van der Waals surface area contributed by atoms with Crippen LogP contribution in [0, 0.1) is 5.82 Å². The minimum atomic E-state index is -4.38. The Bertz CT molecular complexity index is 1140. The average Bonchev–Trinajstić information content (AvgIpc) is 2.87. The fourth-order valence-corrected chi connectivity index (χ4v) is 4.19. The molecule has 1 fully saturated rings. The van der Waals surface area contributed by atoms with Gasteiger partial charge < -0.3 is 9.64 Å². The average molecular weight is 521 g/mol. The van der Waals surface area contributed by atoms with Crippen molar-refractivity contribution in [3.05, 3.63) is 106 Å². The number of carbonyl (C=O) groups excluding carboxylic acids is 1. The topological polar surface area (TPSA) is 32.8 Å². The lowest BCUT2D eigenvalue weighted by Gasteiger charge is -2.36. The third kappa shape index (κ3) is 6.84. The monoisotopic (exact) mass is 520 g/mol. The molecular weight excluding hydrogens is 496 g/mol. The summed E-state index contributed by atoms with van der Waals surface area (Å²) in [4.78, 5) is 16.6. The molecule has 190 valence electrons. The third-order valence-electron chi connectivity index (χ3n) is 6.15. The highest BCUT2D eigenvalue weighted by atomic mass is 35.5. The number of piperazine rings is 1. The van der Waals surface area contributed by atoms with Crippen LogP contribution in [-0.2, 0) is 17.5 Å². The van der Waals surface area contributed by atoms with Crippen LogP contribution in [0.4, 0.5) is 17.6 Å². The second-order valence-corrected chi connectivity index (χ2v) is 9.08. The number of benzene rings is 3. The summed E-state index contributed by atoms with van der Waals surface area (Å²) in [5, 5.41) is 0.591. The molecule has 0 N–H and O–H groups in total. The molecule has 3 aromatic rings. The fourth-order valence-electron chi connectivity index (χ4n) is 4.06. The van der Waals surface area contributed by atoms with Crippen LogP contribution < -0.4 is 0 Å². The number of hydrogen-bond donors (Lipinski definition) is 0. The lowest BCUT2D eigenvalue weighted by atomic mass is 10.1. The van der Waals surface area contributed by atoms with Crippen LogP contribution in [0.25, 0.3) is 0 Å². The molecule has 1 amide bonds. The number of nitrogens with zero attached hydrogens (tertiary/aromatic N) is 2. The van der Waals surface area contributed by atoms with Gasteiger partial charge in [-0.25, -0.2) is 4.39 Å². The molecule has 0 unspecified atom stereocenters. The Kier molecular flexibility index (Phi) is 8.28. The predicted octanol–water partition coefficient (Wildman–Crippen LogP) is 6.21. The summed E-state index contributed by atoms with van der Waals surface area (Å²) in [5.41, 5.74) is 1.28. The number of halogens is 5. The van der Waals surface area contributed by atoms with Crippen molar-refractivity contribution in [1.29, 1.82) is 0 Å². The summed E-state index contributed by atoms with van der Waals surface area (Å²) in [7, 11) is 0. The highest BCUT2D eigenvalue weighted by molar-refractivity contribution is 6.30. The van der Waals surface area contributed by atoms with Crippen LogP contribution in [0.15, 0.2) is 72.8 Å². The maximum absolute atomic E-state index is 13.2. The van der Waals surface area contributed by atoms with Crippen molar-refractivity contribution in [3.8, 4) is 0 Å². The van der Waals surface area contributed by atoms with Gasteiger partial charge in [-0.3, -0.25) is 9.69 Å². The van der Waals surface area contributed by atoms with Gasteiger partial charge in [0.1, 0.15) is 5.82 Å². The normalized spacial score (nSPS) is 15.6. The molecule has 3 aromatic carbocycles. The molecule has 1 atom stereocenters. The van der Waals surface area contributed by atoms with Crippen molar-refractivity contribution in [2.75, 3.05) is 32.7 Å². The van der Waals surface area contributed by atoms with E-state index in [9.17, 15) is 22.4 Å². The molecule has 1 saturated heterocycles. The van der Waals surface area contributed by atoms with Crippen molar-refractivity contribution in [2.24, 2.45) is 0 Å². The number of alkyl halides is 3. The largest absolute Gasteiger partial charge is 0.416 e. The van der Waals surface area contributed by atoms with E-state index in [1.165, 1.54) is 36.4 Å². The molecule has 0 aliphatic carbocycles. The summed E-state index contributed by atoms with van der Waals surface area (Å²) in [6, 6.07) is 17.7. The number of rotatable bonds is 7. The Morgan fingerprint density at radius 3 is 2.08 bits per heavy atom. The highest BCUT2D eigenvalue weighted by Gasteiger charge is 2.30. The van der Waals surface area contributed by atoms with Gasteiger partial charge in [-0.15, -0.1) is 0 Å². The van der Waals surface area contributed by atoms with Crippen molar-refractivity contribution < 1.29 is 27.1 Å². The zero-order valence-electron chi connectivity index (χ0n) is 19.3. The van der Waals surface area contributed by atoms with Gasteiger partial charge >= 0.3 is 6.18 Å². The van der Waals surface area contributed by atoms with Gasteiger partial charge in [0.15, 0.2) is 0 Å². The van der Waals surface area contributed by atoms with Gasteiger partial charge in [0.05, 0.1) is 18.3 Å². The molecular formula is C27H25ClF4N2O2. The summed E-state index contributed by atoms with van der Waals surface area (Å²) >= 11 is 6.04. The second kappa shape index (κ2) is 11.4. The maximum atomic E-state index is 13.2. The standard InChI is InChI=1S/C27H25ClF4N2O2/c28-23-9-3-20(4-10-23)25(36-18-19-1-7-22(8-2-19)27(30,31)32)17-33-13-15-34(16-14-33)26(35)21-5-11-24(29)12-6-21/h1-12,25H,13-18H2/t25-/m1/s1. The molecule has 0 saturated carbocycles. The lowest BCUT2D eigenvalue weighted by Crippen LogP contribution is -2.49. The number of hydrogen-bond acceptors (Lipinski definition) is 3. The van der Waals surface area contributed by atoms with E-state index in [0.29, 0.717) is 48.9 Å². The summed E-state index contributed by atoms with van der Waals surface area (Å²) in [6.45, 7) is 2.97. The first kappa shape index (κ1) is 26.1. The molecule has 4 nitrogen and oxygen atoms in total. The van der Waals surface area contributed by atoms with Gasteiger partial charge in [0, 0.05) is 43.3 Å². The zero-order valence-corrected chi connectivity index (χ0v) is 20.1.